The van der Waals surface area contributed by atoms with Gasteiger partial charge >= 0.3 is 0 Å². The Morgan fingerprint density at radius 3 is 2.47 bits per heavy atom. The highest BCUT2D eigenvalue weighted by atomic mass is 16.2. The van der Waals surface area contributed by atoms with Crippen LogP contribution < -0.4 is 16.0 Å². The molecule has 0 saturated heterocycles. The second kappa shape index (κ2) is 9.33. The van der Waals surface area contributed by atoms with Crippen LogP contribution in [-0.4, -0.2) is 49.5 Å². The minimum atomic E-state index is -0.144. The van der Waals surface area contributed by atoms with Crippen LogP contribution in [-0.2, 0) is 4.79 Å². The quantitative estimate of drug-likeness (QED) is 0.549. The summed E-state index contributed by atoms with van der Waals surface area (Å²) in [5.74, 6) is 0.527. The number of hydrogen-bond donors (Lipinski definition) is 3. The number of rotatable bonds is 6. The molecule has 32 heavy (non-hydrogen) atoms. The van der Waals surface area contributed by atoms with E-state index in [0.717, 1.165) is 42.4 Å². The molecule has 1 saturated carbocycles. The van der Waals surface area contributed by atoms with E-state index in [0.29, 0.717) is 11.4 Å². The van der Waals surface area contributed by atoms with Crippen molar-refractivity contribution in [2.24, 2.45) is 0 Å². The monoisotopic (exact) mass is 435 g/mol. The van der Waals surface area contributed by atoms with Gasteiger partial charge in [-0.3, -0.25) is 14.2 Å². The van der Waals surface area contributed by atoms with E-state index < -0.39 is 0 Å². The lowest BCUT2D eigenvalue weighted by atomic mass is 9.91. The second-order valence-electron chi connectivity index (χ2n) is 8.60. The van der Waals surface area contributed by atoms with E-state index in [1.54, 1.807) is 12.4 Å². The van der Waals surface area contributed by atoms with Gasteiger partial charge in [0, 0.05) is 55.1 Å². The molecule has 0 spiro atoms. The maximum atomic E-state index is 13.1. The van der Waals surface area contributed by atoms with Gasteiger partial charge in [0.25, 0.3) is 5.91 Å². The van der Waals surface area contributed by atoms with Crippen LogP contribution >= 0.6 is 0 Å². The summed E-state index contributed by atoms with van der Waals surface area (Å²) >= 11 is 0. The summed E-state index contributed by atoms with van der Waals surface area (Å²) in [5.41, 5.74) is 2.00. The Morgan fingerprint density at radius 2 is 1.78 bits per heavy atom. The van der Waals surface area contributed by atoms with E-state index in [9.17, 15) is 9.59 Å². The topological polar surface area (TPSA) is 114 Å². The number of anilines is 1. The molecule has 9 nitrogen and oxygen atoms in total. The Morgan fingerprint density at radius 1 is 1.06 bits per heavy atom. The highest BCUT2D eigenvalue weighted by molar-refractivity contribution is 5.99. The number of fused-ring (bicyclic) bond motifs is 1. The second-order valence-corrected chi connectivity index (χ2v) is 8.60. The summed E-state index contributed by atoms with van der Waals surface area (Å²) in [6, 6.07) is 4.24. The van der Waals surface area contributed by atoms with E-state index in [4.69, 9.17) is 0 Å². The number of carbonyl (C=O) groups is 2. The minimum absolute atomic E-state index is 0.00464. The molecule has 2 amide bonds. The number of pyridine rings is 1. The molecule has 1 aliphatic carbocycles. The molecule has 1 fully saturated rings. The van der Waals surface area contributed by atoms with E-state index in [2.05, 4.69) is 30.9 Å². The van der Waals surface area contributed by atoms with Crippen molar-refractivity contribution in [1.82, 2.24) is 30.2 Å². The molecule has 1 aliphatic rings. The van der Waals surface area contributed by atoms with Gasteiger partial charge in [-0.15, -0.1) is 0 Å². The van der Waals surface area contributed by atoms with E-state index in [1.165, 1.54) is 13.3 Å². The number of nitrogens with zero attached hydrogens (tertiary/aromatic N) is 4. The summed E-state index contributed by atoms with van der Waals surface area (Å²) in [6.45, 7) is 5.60. The summed E-state index contributed by atoms with van der Waals surface area (Å²) in [6.07, 6.45) is 10.2. The lowest BCUT2D eigenvalue weighted by Crippen LogP contribution is -2.43. The van der Waals surface area contributed by atoms with Gasteiger partial charge in [-0.1, -0.05) is 0 Å². The molecule has 0 aromatic carbocycles. The third-order valence-corrected chi connectivity index (χ3v) is 5.64. The molecule has 3 aromatic rings. The van der Waals surface area contributed by atoms with Gasteiger partial charge in [0.2, 0.25) is 5.91 Å². The fourth-order valence-electron chi connectivity index (χ4n) is 4.18. The first-order valence-corrected chi connectivity index (χ1v) is 11.0. The van der Waals surface area contributed by atoms with Gasteiger partial charge in [0.05, 0.1) is 11.3 Å². The zero-order valence-electron chi connectivity index (χ0n) is 18.6. The molecule has 3 heterocycles. The number of amides is 2. The molecule has 0 unspecified atom stereocenters. The minimum Gasteiger partial charge on any atom is -0.382 e. The lowest BCUT2D eigenvalue weighted by Gasteiger charge is -2.29. The van der Waals surface area contributed by atoms with Gasteiger partial charge in [-0.25, -0.2) is 15.0 Å². The third kappa shape index (κ3) is 4.87. The first-order valence-electron chi connectivity index (χ1n) is 11.0. The van der Waals surface area contributed by atoms with Crippen LogP contribution in [0.25, 0.3) is 16.9 Å². The Hall–Kier alpha value is -3.49. The molecular formula is C23H29N7O2. The van der Waals surface area contributed by atoms with Gasteiger partial charge in [-0.2, -0.15) is 0 Å². The van der Waals surface area contributed by atoms with Crippen LogP contribution in [0, 0.1) is 0 Å². The Bertz CT molecular complexity index is 1120. The predicted octanol–water partition coefficient (Wildman–Crippen LogP) is 2.81. The number of nitrogens with one attached hydrogen (secondary N) is 3. The highest BCUT2D eigenvalue weighted by Gasteiger charge is 2.24. The standard InChI is InChI=1S/C23H29N7O2/c1-14(2)27-20-10-21(30-9-8-16-11-24-13-26-22(16)30)25-12-19(20)23(32)29-18-6-4-17(5-7-18)28-15(3)31/h8-14,17-18H,4-7H2,1-3H3,(H,25,27)(H,28,31)(H,29,32)/t17-,18-. The normalized spacial score (nSPS) is 18.5. The fraction of sp³-hybridized carbons (Fsp3) is 0.435. The van der Waals surface area contributed by atoms with Crippen molar-refractivity contribution in [2.75, 3.05) is 5.32 Å². The summed E-state index contributed by atoms with van der Waals surface area (Å²) in [7, 11) is 0. The third-order valence-electron chi connectivity index (χ3n) is 5.64. The highest BCUT2D eigenvalue weighted by Crippen LogP contribution is 2.24. The average Bonchev–Trinajstić information content (AvgIpc) is 3.18. The molecule has 0 radical (unpaired) electrons. The summed E-state index contributed by atoms with van der Waals surface area (Å²) < 4.78 is 1.88. The van der Waals surface area contributed by atoms with E-state index in [-0.39, 0.29) is 29.9 Å². The summed E-state index contributed by atoms with van der Waals surface area (Å²) in [5, 5.41) is 10.4. The van der Waals surface area contributed by atoms with Crippen molar-refractivity contribution in [3.63, 3.8) is 0 Å². The van der Waals surface area contributed by atoms with Gasteiger partial charge in [0.15, 0.2) is 0 Å². The molecule has 0 aliphatic heterocycles. The molecule has 3 N–H and O–H groups in total. The van der Waals surface area contributed by atoms with Crippen molar-refractivity contribution in [3.8, 4) is 5.82 Å². The summed E-state index contributed by atoms with van der Waals surface area (Å²) in [4.78, 5) is 37.3. The first kappa shape index (κ1) is 21.7. The Kier molecular flexibility index (Phi) is 6.34. The van der Waals surface area contributed by atoms with E-state index >= 15 is 0 Å². The van der Waals surface area contributed by atoms with Crippen LogP contribution in [0.3, 0.4) is 0 Å². The zero-order valence-corrected chi connectivity index (χ0v) is 18.6. The largest absolute Gasteiger partial charge is 0.382 e. The van der Waals surface area contributed by atoms with E-state index in [1.807, 2.05) is 36.7 Å². The number of aromatic nitrogens is 4. The van der Waals surface area contributed by atoms with Gasteiger partial charge in [0.1, 0.15) is 17.8 Å². The van der Waals surface area contributed by atoms with Gasteiger partial charge < -0.3 is 16.0 Å². The maximum absolute atomic E-state index is 13.1. The lowest BCUT2D eigenvalue weighted by molar-refractivity contribution is -0.119. The number of carbonyl (C=O) groups excluding carboxylic acids is 2. The van der Waals surface area contributed by atoms with Crippen molar-refractivity contribution in [1.29, 1.82) is 0 Å². The molecule has 3 aromatic heterocycles. The molecule has 0 bridgehead atoms. The Balaban J connectivity index is 1.53. The molecular weight excluding hydrogens is 406 g/mol. The average molecular weight is 436 g/mol. The van der Waals surface area contributed by atoms with Crippen molar-refractivity contribution in [2.45, 2.75) is 64.6 Å². The molecule has 9 heteroatoms. The van der Waals surface area contributed by atoms with Crippen molar-refractivity contribution >= 4 is 28.5 Å². The molecule has 0 atom stereocenters. The Labute approximate surface area is 187 Å². The van der Waals surface area contributed by atoms with Gasteiger partial charge in [-0.05, 0) is 45.6 Å². The van der Waals surface area contributed by atoms with Crippen LogP contribution in [0.4, 0.5) is 5.69 Å². The predicted molar refractivity (Wildman–Crippen MR) is 123 cm³/mol. The number of hydrogen-bond acceptors (Lipinski definition) is 6. The SMILES string of the molecule is CC(=O)N[C@H]1CC[C@H](NC(=O)c2cnc(-n3ccc4cncnc43)cc2NC(C)C)CC1. The fourth-order valence-corrected chi connectivity index (χ4v) is 4.18. The first-order chi connectivity index (χ1) is 15.4. The van der Waals surface area contributed by atoms with Crippen molar-refractivity contribution < 1.29 is 9.59 Å². The zero-order chi connectivity index (χ0) is 22.7. The van der Waals surface area contributed by atoms with Crippen LogP contribution in [0.2, 0.25) is 0 Å². The van der Waals surface area contributed by atoms with Crippen molar-refractivity contribution in [3.05, 3.63) is 42.6 Å². The smallest absolute Gasteiger partial charge is 0.255 e. The van der Waals surface area contributed by atoms with Crippen LogP contribution in [0.1, 0.15) is 56.8 Å². The van der Waals surface area contributed by atoms with Crippen LogP contribution in [0.5, 0.6) is 0 Å². The van der Waals surface area contributed by atoms with Crippen LogP contribution in [0.15, 0.2) is 37.1 Å². The molecule has 168 valence electrons. The molecule has 4 rings (SSSR count). The maximum Gasteiger partial charge on any atom is 0.255 e.